The smallest absolute Gasteiger partial charge is 0.162 e. The molecule has 1 fully saturated rings. The predicted octanol–water partition coefficient (Wildman–Crippen LogP) is 4.96. The Morgan fingerprint density at radius 2 is 1.67 bits per heavy atom. The summed E-state index contributed by atoms with van der Waals surface area (Å²) in [4.78, 5) is 14.4. The van der Waals surface area contributed by atoms with E-state index in [9.17, 15) is 14.3 Å². The number of halogens is 3. The van der Waals surface area contributed by atoms with Gasteiger partial charge < -0.3 is 10.0 Å². The van der Waals surface area contributed by atoms with E-state index in [-0.39, 0.29) is 24.0 Å². The van der Waals surface area contributed by atoms with E-state index in [1.807, 2.05) is 24.3 Å². The van der Waals surface area contributed by atoms with Crippen molar-refractivity contribution in [3.05, 3.63) is 69.9 Å². The lowest BCUT2D eigenvalue weighted by molar-refractivity contribution is -0.0260. The van der Waals surface area contributed by atoms with Crippen LogP contribution in [0.2, 0.25) is 0 Å². The summed E-state index contributed by atoms with van der Waals surface area (Å²) >= 11 is 3.42. The third-order valence-electron chi connectivity index (χ3n) is 5.11. The molecule has 1 N–H and O–H groups in total. The number of Topliss-reactive ketones (excluding diaryl/α,β-unsaturated/α-hetero) is 1. The molecule has 0 unspecified atom stereocenters. The minimum absolute atomic E-state index is 0. The van der Waals surface area contributed by atoms with Crippen LogP contribution in [0.3, 0.4) is 0 Å². The predicted molar refractivity (Wildman–Crippen MR) is 111 cm³/mol. The Morgan fingerprint density at radius 1 is 1.07 bits per heavy atom. The van der Waals surface area contributed by atoms with Crippen molar-refractivity contribution >= 4 is 34.1 Å². The first-order valence-electron chi connectivity index (χ1n) is 8.96. The van der Waals surface area contributed by atoms with Crippen LogP contribution in [-0.4, -0.2) is 35.4 Å². The minimum atomic E-state index is -0.763. The molecule has 0 saturated carbocycles. The van der Waals surface area contributed by atoms with E-state index < -0.39 is 5.60 Å². The highest BCUT2D eigenvalue weighted by Crippen LogP contribution is 2.33. The summed E-state index contributed by atoms with van der Waals surface area (Å²) in [6.07, 6.45) is 2.62. The maximum Gasteiger partial charge on any atom is 0.162 e. The van der Waals surface area contributed by atoms with Gasteiger partial charge in [-0.15, -0.1) is 12.4 Å². The number of piperidine rings is 1. The van der Waals surface area contributed by atoms with Crippen LogP contribution >= 0.6 is 28.3 Å². The molecule has 0 atom stereocenters. The second-order valence-corrected chi connectivity index (χ2v) is 7.83. The monoisotopic (exact) mass is 455 g/mol. The van der Waals surface area contributed by atoms with Crippen molar-refractivity contribution < 1.29 is 14.3 Å². The second kappa shape index (κ2) is 9.78. The molecule has 0 spiro atoms. The first-order valence-corrected chi connectivity index (χ1v) is 9.75. The van der Waals surface area contributed by atoms with Crippen LogP contribution in [0.15, 0.2) is 53.0 Å². The topological polar surface area (TPSA) is 40.5 Å². The standard InChI is InChI=1S/C21H23BrFNO2.ClH/c22-18-7-5-17(6-8-18)21(26)11-14-24(15-12-21)13-1-2-20(25)16-3-9-19(23)10-4-16;/h3-10,26H,1-2,11-15H2;1H. The van der Waals surface area contributed by atoms with Gasteiger partial charge in [-0.05, 0) is 67.8 Å². The number of hydrogen-bond acceptors (Lipinski definition) is 3. The lowest BCUT2D eigenvalue weighted by Gasteiger charge is -2.38. The number of carbonyl (C=O) groups is 1. The van der Waals surface area contributed by atoms with Gasteiger partial charge in [0.1, 0.15) is 5.82 Å². The van der Waals surface area contributed by atoms with Gasteiger partial charge in [0.15, 0.2) is 5.78 Å². The third-order valence-corrected chi connectivity index (χ3v) is 5.64. The van der Waals surface area contributed by atoms with Gasteiger partial charge in [0.2, 0.25) is 0 Å². The van der Waals surface area contributed by atoms with Crippen molar-refractivity contribution in [2.24, 2.45) is 0 Å². The highest BCUT2D eigenvalue weighted by Gasteiger charge is 2.33. The molecule has 27 heavy (non-hydrogen) atoms. The normalized spacial score (nSPS) is 16.6. The van der Waals surface area contributed by atoms with Crippen molar-refractivity contribution in [2.45, 2.75) is 31.3 Å². The largest absolute Gasteiger partial charge is 0.385 e. The number of rotatable bonds is 6. The molecule has 6 heteroatoms. The van der Waals surface area contributed by atoms with E-state index in [2.05, 4.69) is 20.8 Å². The van der Waals surface area contributed by atoms with Gasteiger partial charge in [-0.25, -0.2) is 4.39 Å². The molecule has 3 rings (SSSR count). The van der Waals surface area contributed by atoms with E-state index in [4.69, 9.17) is 0 Å². The quantitative estimate of drug-likeness (QED) is 0.625. The molecule has 1 heterocycles. The Hall–Kier alpha value is -1.27. The molecular formula is C21H24BrClFNO2. The Labute approximate surface area is 174 Å². The molecule has 0 aromatic heterocycles. The Bertz CT molecular complexity index is 744. The molecule has 0 amide bonds. The highest BCUT2D eigenvalue weighted by atomic mass is 79.9. The van der Waals surface area contributed by atoms with E-state index in [0.29, 0.717) is 24.8 Å². The van der Waals surface area contributed by atoms with Gasteiger partial charge in [-0.3, -0.25) is 4.79 Å². The molecule has 0 bridgehead atoms. The molecule has 0 radical (unpaired) electrons. The zero-order valence-electron chi connectivity index (χ0n) is 15.0. The van der Waals surface area contributed by atoms with Crippen LogP contribution < -0.4 is 0 Å². The molecular weight excluding hydrogens is 433 g/mol. The average Bonchev–Trinajstić information content (AvgIpc) is 2.64. The lowest BCUT2D eigenvalue weighted by Crippen LogP contribution is -2.42. The molecule has 1 saturated heterocycles. The first kappa shape index (κ1) is 22.0. The summed E-state index contributed by atoms with van der Waals surface area (Å²) in [5, 5.41) is 10.9. The first-order chi connectivity index (χ1) is 12.5. The Morgan fingerprint density at radius 3 is 2.26 bits per heavy atom. The van der Waals surface area contributed by atoms with E-state index in [1.165, 1.54) is 24.3 Å². The summed E-state index contributed by atoms with van der Waals surface area (Å²) in [5.41, 5.74) is 0.766. The molecule has 1 aliphatic heterocycles. The highest BCUT2D eigenvalue weighted by molar-refractivity contribution is 9.10. The fourth-order valence-corrected chi connectivity index (χ4v) is 3.70. The number of likely N-dealkylation sites (tertiary alicyclic amines) is 1. The second-order valence-electron chi connectivity index (χ2n) is 6.91. The summed E-state index contributed by atoms with van der Waals surface area (Å²) in [5.74, 6) is -0.276. The van der Waals surface area contributed by atoms with Crippen LogP contribution in [-0.2, 0) is 5.60 Å². The van der Waals surface area contributed by atoms with E-state index in [0.717, 1.165) is 36.1 Å². The van der Waals surface area contributed by atoms with Crippen molar-refractivity contribution in [1.29, 1.82) is 0 Å². The molecule has 3 nitrogen and oxygen atoms in total. The number of nitrogens with zero attached hydrogens (tertiary/aromatic N) is 1. The molecule has 0 aliphatic carbocycles. The van der Waals surface area contributed by atoms with Gasteiger partial charge >= 0.3 is 0 Å². The van der Waals surface area contributed by atoms with Crippen molar-refractivity contribution in [2.75, 3.05) is 19.6 Å². The fraction of sp³-hybridized carbons (Fsp3) is 0.381. The van der Waals surface area contributed by atoms with Gasteiger partial charge in [0.05, 0.1) is 5.60 Å². The average molecular weight is 457 g/mol. The summed E-state index contributed by atoms with van der Waals surface area (Å²) < 4.78 is 13.9. The molecule has 2 aromatic carbocycles. The number of benzene rings is 2. The minimum Gasteiger partial charge on any atom is -0.385 e. The number of carbonyl (C=O) groups excluding carboxylic acids is 1. The summed E-state index contributed by atoms with van der Waals surface area (Å²) in [7, 11) is 0. The van der Waals surface area contributed by atoms with E-state index in [1.54, 1.807) is 0 Å². The van der Waals surface area contributed by atoms with Gasteiger partial charge in [-0.1, -0.05) is 28.1 Å². The molecule has 2 aromatic rings. The third kappa shape index (κ3) is 5.85. The molecule has 1 aliphatic rings. The van der Waals surface area contributed by atoms with Gasteiger partial charge in [0, 0.05) is 29.5 Å². The van der Waals surface area contributed by atoms with Crippen LogP contribution in [0.4, 0.5) is 4.39 Å². The SMILES string of the molecule is Cl.O=C(CCCN1CCC(O)(c2ccc(Br)cc2)CC1)c1ccc(F)cc1. The lowest BCUT2D eigenvalue weighted by atomic mass is 9.84. The number of hydrogen-bond donors (Lipinski definition) is 1. The summed E-state index contributed by atoms with van der Waals surface area (Å²) in [6, 6.07) is 13.6. The van der Waals surface area contributed by atoms with Crippen LogP contribution in [0.1, 0.15) is 41.6 Å². The van der Waals surface area contributed by atoms with Crippen molar-refractivity contribution in [1.82, 2.24) is 4.90 Å². The number of aliphatic hydroxyl groups is 1. The fourth-order valence-electron chi connectivity index (χ4n) is 3.44. The zero-order valence-corrected chi connectivity index (χ0v) is 17.4. The maximum absolute atomic E-state index is 12.9. The van der Waals surface area contributed by atoms with E-state index >= 15 is 0 Å². The van der Waals surface area contributed by atoms with Crippen molar-refractivity contribution in [3.8, 4) is 0 Å². The maximum atomic E-state index is 12.9. The van der Waals surface area contributed by atoms with Crippen LogP contribution in [0.25, 0.3) is 0 Å². The van der Waals surface area contributed by atoms with Crippen LogP contribution in [0.5, 0.6) is 0 Å². The molecule has 146 valence electrons. The van der Waals surface area contributed by atoms with Crippen LogP contribution in [0, 0.1) is 5.82 Å². The van der Waals surface area contributed by atoms with Gasteiger partial charge in [-0.2, -0.15) is 0 Å². The number of ketones is 1. The summed E-state index contributed by atoms with van der Waals surface area (Å²) in [6.45, 7) is 2.47. The Balaban J connectivity index is 0.00000261. The van der Waals surface area contributed by atoms with Gasteiger partial charge in [0.25, 0.3) is 0 Å². The Kier molecular flexibility index (Phi) is 7.98. The van der Waals surface area contributed by atoms with Crippen molar-refractivity contribution in [3.63, 3.8) is 0 Å². The zero-order chi connectivity index (χ0) is 18.6.